The van der Waals surface area contributed by atoms with Crippen molar-refractivity contribution in [2.75, 3.05) is 0 Å². The zero-order valence-corrected chi connectivity index (χ0v) is 13.0. The number of rotatable bonds is 5. The summed E-state index contributed by atoms with van der Waals surface area (Å²) >= 11 is 5.79. The lowest BCUT2D eigenvalue weighted by Crippen LogP contribution is -2.37. The maximum atomic E-state index is 12.2. The van der Waals surface area contributed by atoms with Crippen LogP contribution in [0, 0.1) is 0 Å². The molecule has 4 nitrogen and oxygen atoms in total. The normalized spacial score (nSPS) is 14.6. The van der Waals surface area contributed by atoms with Gasteiger partial charge in [0.2, 0.25) is 10.0 Å². The third-order valence-corrected chi connectivity index (χ3v) is 4.91. The molecule has 0 bridgehead atoms. The minimum absolute atomic E-state index is 0.167. The molecule has 21 heavy (non-hydrogen) atoms. The molecule has 2 atom stereocenters. The molecule has 0 fully saturated rings. The molecule has 0 spiro atoms. The van der Waals surface area contributed by atoms with Crippen LogP contribution in [0.3, 0.4) is 0 Å². The molecule has 2 unspecified atom stereocenters. The first kappa shape index (κ1) is 16.0. The Balaban J connectivity index is 2.14. The zero-order chi connectivity index (χ0) is 15.5. The van der Waals surface area contributed by atoms with Crippen molar-refractivity contribution >= 4 is 21.6 Å². The molecule has 0 saturated heterocycles. The predicted octanol–water partition coefficient (Wildman–Crippen LogP) is 2.74. The van der Waals surface area contributed by atoms with Gasteiger partial charge in [0, 0.05) is 11.1 Å². The van der Waals surface area contributed by atoms with Crippen LogP contribution in [0.5, 0.6) is 0 Å². The molecule has 0 heterocycles. The SMILES string of the molecule is CC(NS(=O)(=O)c1ccccc1)C(O)c1ccc(Cl)cc1. The molecule has 2 aromatic carbocycles. The van der Waals surface area contributed by atoms with Crippen LogP contribution < -0.4 is 4.72 Å². The van der Waals surface area contributed by atoms with E-state index in [4.69, 9.17) is 11.6 Å². The standard InChI is InChI=1S/C15H16ClNO3S/c1-11(15(18)12-7-9-13(16)10-8-12)17-21(19,20)14-5-3-2-4-6-14/h2-11,15,17-18H,1H3. The highest BCUT2D eigenvalue weighted by atomic mass is 35.5. The van der Waals surface area contributed by atoms with Gasteiger partial charge in [-0.1, -0.05) is 41.9 Å². The summed E-state index contributed by atoms with van der Waals surface area (Å²) in [4.78, 5) is 0.167. The molecule has 6 heteroatoms. The lowest BCUT2D eigenvalue weighted by atomic mass is 10.0. The van der Waals surface area contributed by atoms with Gasteiger partial charge in [-0.3, -0.25) is 0 Å². The molecule has 112 valence electrons. The summed E-state index contributed by atoms with van der Waals surface area (Å²) in [5, 5.41) is 10.8. The van der Waals surface area contributed by atoms with Crippen molar-refractivity contribution < 1.29 is 13.5 Å². The Kier molecular flexibility index (Phi) is 5.00. The van der Waals surface area contributed by atoms with Crippen molar-refractivity contribution in [3.8, 4) is 0 Å². The van der Waals surface area contributed by atoms with Crippen molar-refractivity contribution in [1.29, 1.82) is 0 Å². The number of halogens is 1. The van der Waals surface area contributed by atoms with Crippen LogP contribution in [-0.2, 0) is 10.0 Å². The van der Waals surface area contributed by atoms with Crippen LogP contribution in [0.25, 0.3) is 0 Å². The molecule has 2 N–H and O–H groups in total. The van der Waals surface area contributed by atoms with Crippen LogP contribution >= 0.6 is 11.6 Å². The number of hydrogen-bond donors (Lipinski definition) is 2. The molecular weight excluding hydrogens is 310 g/mol. The van der Waals surface area contributed by atoms with Gasteiger partial charge in [-0.2, -0.15) is 0 Å². The topological polar surface area (TPSA) is 66.4 Å². The fourth-order valence-electron chi connectivity index (χ4n) is 1.93. The first-order valence-electron chi connectivity index (χ1n) is 6.41. The van der Waals surface area contributed by atoms with Crippen LogP contribution in [0.1, 0.15) is 18.6 Å². The lowest BCUT2D eigenvalue weighted by molar-refractivity contribution is 0.146. The van der Waals surface area contributed by atoms with Crippen LogP contribution in [0.4, 0.5) is 0 Å². The Morgan fingerprint density at radius 1 is 1.05 bits per heavy atom. The molecule has 0 saturated carbocycles. The number of benzene rings is 2. The summed E-state index contributed by atoms with van der Waals surface area (Å²) < 4.78 is 26.9. The number of sulfonamides is 1. The molecule has 2 rings (SSSR count). The van der Waals surface area contributed by atoms with E-state index in [1.807, 2.05) is 0 Å². The van der Waals surface area contributed by atoms with Crippen LogP contribution in [0.2, 0.25) is 5.02 Å². The second-order valence-corrected chi connectivity index (χ2v) is 6.87. The quantitative estimate of drug-likeness (QED) is 0.888. The van der Waals surface area contributed by atoms with E-state index in [2.05, 4.69) is 4.72 Å². The van der Waals surface area contributed by atoms with Crippen LogP contribution in [0.15, 0.2) is 59.5 Å². The van der Waals surface area contributed by atoms with Crippen molar-refractivity contribution in [2.45, 2.75) is 24.0 Å². The number of aliphatic hydroxyl groups is 1. The van der Waals surface area contributed by atoms with Gasteiger partial charge in [0.15, 0.2) is 0 Å². The molecule has 0 aromatic heterocycles. The molecule has 2 aromatic rings. The van der Waals surface area contributed by atoms with Gasteiger partial charge in [-0.25, -0.2) is 13.1 Å². The Morgan fingerprint density at radius 2 is 1.62 bits per heavy atom. The third kappa shape index (κ3) is 4.04. The molecule has 0 aliphatic carbocycles. The van der Waals surface area contributed by atoms with Gasteiger partial charge >= 0.3 is 0 Å². The number of nitrogens with one attached hydrogen (secondary N) is 1. The lowest BCUT2D eigenvalue weighted by Gasteiger charge is -2.20. The van der Waals surface area contributed by atoms with Gasteiger partial charge in [0.1, 0.15) is 0 Å². The molecule has 0 aliphatic rings. The Bertz CT molecular complexity index is 687. The maximum absolute atomic E-state index is 12.2. The largest absolute Gasteiger partial charge is 0.387 e. The van der Waals surface area contributed by atoms with E-state index in [9.17, 15) is 13.5 Å². The van der Waals surface area contributed by atoms with Crippen molar-refractivity contribution in [3.63, 3.8) is 0 Å². The average Bonchev–Trinajstić information content (AvgIpc) is 2.48. The second kappa shape index (κ2) is 6.58. The van der Waals surface area contributed by atoms with E-state index in [-0.39, 0.29) is 4.90 Å². The Morgan fingerprint density at radius 3 is 2.19 bits per heavy atom. The average molecular weight is 326 g/mol. The van der Waals surface area contributed by atoms with Crippen molar-refractivity contribution in [1.82, 2.24) is 4.72 Å². The second-order valence-electron chi connectivity index (χ2n) is 4.72. The summed E-state index contributed by atoms with van der Waals surface area (Å²) in [6, 6.07) is 14.0. The van der Waals surface area contributed by atoms with Gasteiger partial charge < -0.3 is 5.11 Å². The summed E-state index contributed by atoms with van der Waals surface area (Å²) in [6.45, 7) is 1.61. The molecular formula is C15H16ClNO3S. The van der Waals surface area contributed by atoms with E-state index in [1.54, 1.807) is 49.4 Å². The van der Waals surface area contributed by atoms with Crippen molar-refractivity contribution in [3.05, 3.63) is 65.2 Å². The summed E-state index contributed by atoms with van der Waals surface area (Å²) in [5.74, 6) is 0. The highest BCUT2D eigenvalue weighted by molar-refractivity contribution is 7.89. The first-order valence-corrected chi connectivity index (χ1v) is 8.27. The predicted molar refractivity (Wildman–Crippen MR) is 82.6 cm³/mol. The fourth-order valence-corrected chi connectivity index (χ4v) is 3.32. The zero-order valence-electron chi connectivity index (χ0n) is 11.4. The van der Waals surface area contributed by atoms with Gasteiger partial charge in [-0.15, -0.1) is 0 Å². The van der Waals surface area contributed by atoms with Crippen LogP contribution in [-0.4, -0.2) is 19.6 Å². The van der Waals surface area contributed by atoms with E-state index < -0.39 is 22.2 Å². The van der Waals surface area contributed by atoms with E-state index in [0.717, 1.165) is 0 Å². The van der Waals surface area contributed by atoms with Gasteiger partial charge in [0.05, 0.1) is 11.0 Å². The molecule has 0 radical (unpaired) electrons. The maximum Gasteiger partial charge on any atom is 0.240 e. The smallest absolute Gasteiger partial charge is 0.240 e. The summed E-state index contributed by atoms with van der Waals surface area (Å²) in [5.41, 5.74) is 0.600. The number of aliphatic hydroxyl groups excluding tert-OH is 1. The van der Waals surface area contributed by atoms with Gasteiger partial charge in [-0.05, 0) is 36.8 Å². The fraction of sp³-hybridized carbons (Fsp3) is 0.200. The molecule has 0 aliphatic heterocycles. The monoisotopic (exact) mass is 325 g/mol. The van der Waals surface area contributed by atoms with Gasteiger partial charge in [0.25, 0.3) is 0 Å². The third-order valence-electron chi connectivity index (χ3n) is 3.08. The first-order chi connectivity index (χ1) is 9.90. The van der Waals surface area contributed by atoms with Crippen molar-refractivity contribution in [2.24, 2.45) is 0 Å². The molecule has 0 amide bonds. The van der Waals surface area contributed by atoms with E-state index in [0.29, 0.717) is 10.6 Å². The Hall–Kier alpha value is -1.40. The number of hydrogen-bond acceptors (Lipinski definition) is 3. The minimum atomic E-state index is -3.66. The minimum Gasteiger partial charge on any atom is -0.387 e. The van der Waals surface area contributed by atoms with E-state index >= 15 is 0 Å². The highest BCUT2D eigenvalue weighted by Crippen LogP contribution is 2.20. The summed E-state index contributed by atoms with van der Waals surface area (Å²) in [6.07, 6.45) is -0.958. The van der Waals surface area contributed by atoms with E-state index in [1.165, 1.54) is 12.1 Å². The highest BCUT2D eigenvalue weighted by Gasteiger charge is 2.23. The Labute approximate surface area is 129 Å². The summed E-state index contributed by atoms with van der Waals surface area (Å²) in [7, 11) is -3.66.